The number of hydrogen-bond acceptors (Lipinski definition) is 4. The van der Waals surface area contributed by atoms with Gasteiger partial charge in [0, 0.05) is 6.54 Å². The minimum absolute atomic E-state index is 0.131. The summed E-state index contributed by atoms with van der Waals surface area (Å²) in [5.74, 6) is 0. The highest BCUT2D eigenvalue weighted by molar-refractivity contribution is 6.32. The molecule has 0 unspecified atom stereocenters. The van der Waals surface area contributed by atoms with Crippen molar-refractivity contribution in [3.8, 4) is 0 Å². The van der Waals surface area contributed by atoms with Gasteiger partial charge in [0.05, 0.1) is 25.0 Å². The second-order valence-electron chi connectivity index (χ2n) is 5.14. The molecule has 1 aliphatic rings. The van der Waals surface area contributed by atoms with Crippen LogP contribution in [0.1, 0.15) is 26.2 Å². The first-order valence-corrected chi connectivity index (χ1v) is 6.54. The molecular weight excluding hydrogens is 254 g/mol. The first-order valence-electron chi connectivity index (χ1n) is 6.16. The summed E-state index contributed by atoms with van der Waals surface area (Å²) in [7, 11) is 0. The van der Waals surface area contributed by atoms with Gasteiger partial charge in [-0.05, 0) is 18.3 Å². The quantitative estimate of drug-likeness (QED) is 0.852. The van der Waals surface area contributed by atoms with Gasteiger partial charge in [-0.15, -0.1) is 0 Å². The third-order valence-corrected chi connectivity index (χ3v) is 3.93. The largest absolute Gasteiger partial charge is 0.394 e. The lowest BCUT2D eigenvalue weighted by Gasteiger charge is -2.38. The zero-order valence-corrected chi connectivity index (χ0v) is 11.2. The molecule has 6 heteroatoms. The molecule has 2 N–H and O–H groups in total. The number of halogens is 1. The Morgan fingerprint density at radius 2 is 2.33 bits per heavy atom. The van der Waals surface area contributed by atoms with Gasteiger partial charge in [0.1, 0.15) is 5.02 Å². The van der Waals surface area contributed by atoms with E-state index in [0.717, 1.165) is 6.54 Å². The molecule has 0 aromatic carbocycles. The highest BCUT2D eigenvalue weighted by atomic mass is 35.5. The van der Waals surface area contributed by atoms with E-state index in [-0.39, 0.29) is 23.7 Å². The third kappa shape index (κ3) is 2.67. The van der Waals surface area contributed by atoms with Crippen molar-refractivity contribution < 1.29 is 5.11 Å². The predicted octanol–water partition coefficient (Wildman–Crippen LogP) is 1.49. The van der Waals surface area contributed by atoms with Gasteiger partial charge in [-0.3, -0.25) is 4.79 Å². The fourth-order valence-electron chi connectivity index (χ4n) is 2.11. The predicted molar refractivity (Wildman–Crippen MR) is 71.0 cm³/mol. The molecule has 5 nitrogen and oxygen atoms in total. The van der Waals surface area contributed by atoms with Crippen molar-refractivity contribution in [1.29, 1.82) is 0 Å². The molecule has 1 heterocycles. The Morgan fingerprint density at radius 3 is 2.89 bits per heavy atom. The van der Waals surface area contributed by atoms with Crippen molar-refractivity contribution in [3.05, 3.63) is 21.6 Å². The van der Waals surface area contributed by atoms with Gasteiger partial charge in [0.2, 0.25) is 0 Å². The van der Waals surface area contributed by atoms with Gasteiger partial charge in [0.25, 0.3) is 5.56 Å². The van der Waals surface area contributed by atoms with E-state index < -0.39 is 0 Å². The molecule has 18 heavy (non-hydrogen) atoms. The van der Waals surface area contributed by atoms with Crippen molar-refractivity contribution in [3.63, 3.8) is 0 Å². The van der Waals surface area contributed by atoms with Crippen LogP contribution in [0.15, 0.2) is 11.0 Å². The number of nitrogens with one attached hydrogen (secondary N) is 1. The topological polar surface area (TPSA) is 67.2 Å². The van der Waals surface area contributed by atoms with Gasteiger partial charge in [-0.25, -0.2) is 4.68 Å². The zero-order valence-electron chi connectivity index (χ0n) is 10.4. The standard InChI is InChI=1S/C12H18ClN3O2/c1-12(3-2-4-12)8-14-9-7-15-16(5-6-17)11(18)10(9)13/h7,14,17H,2-6,8H2,1H3. The number of hydrogen-bond donors (Lipinski definition) is 2. The molecule has 0 atom stereocenters. The van der Waals surface area contributed by atoms with Crippen LogP contribution >= 0.6 is 11.6 Å². The molecule has 1 aromatic heterocycles. The lowest BCUT2D eigenvalue weighted by atomic mass is 9.70. The van der Waals surface area contributed by atoms with E-state index in [1.807, 2.05) is 0 Å². The van der Waals surface area contributed by atoms with E-state index in [2.05, 4.69) is 17.3 Å². The highest BCUT2D eigenvalue weighted by Gasteiger charge is 2.31. The van der Waals surface area contributed by atoms with Crippen LogP contribution in [0.3, 0.4) is 0 Å². The average Bonchev–Trinajstić information content (AvgIpc) is 2.32. The Bertz CT molecular complexity index is 483. The van der Waals surface area contributed by atoms with Crippen molar-refractivity contribution in [1.82, 2.24) is 9.78 Å². The van der Waals surface area contributed by atoms with Gasteiger partial charge >= 0.3 is 0 Å². The second-order valence-corrected chi connectivity index (χ2v) is 5.52. The van der Waals surface area contributed by atoms with E-state index in [1.54, 1.807) is 6.20 Å². The third-order valence-electron chi connectivity index (χ3n) is 3.56. The summed E-state index contributed by atoms with van der Waals surface area (Å²) in [5, 5.41) is 16.1. The first kappa shape index (κ1) is 13.4. The van der Waals surface area contributed by atoms with Crippen LogP contribution in [0.25, 0.3) is 0 Å². The Balaban J connectivity index is 2.09. The van der Waals surface area contributed by atoms with Crippen LogP contribution in [-0.4, -0.2) is 28.0 Å². The normalized spacial score (nSPS) is 17.3. The van der Waals surface area contributed by atoms with Crippen LogP contribution < -0.4 is 10.9 Å². The van der Waals surface area contributed by atoms with E-state index in [9.17, 15) is 4.79 Å². The Kier molecular flexibility index (Phi) is 3.92. The van der Waals surface area contributed by atoms with Gasteiger partial charge in [-0.1, -0.05) is 24.9 Å². The lowest BCUT2D eigenvalue weighted by molar-refractivity contribution is 0.180. The van der Waals surface area contributed by atoms with Crippen molar-refractivity contribution in [2.75, 3.05) is 18.5 Å². The zero-order chi connectivity index (χ0) is 13.2. The van der Waals surface area contributed by atoms with Crippen molar-refractivity contribution >= 4 is 17.3 Å². The average molecular weight is 272 g/mol. The van der Waals surface area contributed by atoms with Crippen LogP contribution in [-0.2, 0) is 6.54 Å². The number of nitrogens with zero attached hydrogens (tertiary/aromatic N) is 2. The SMILES string of the molecule is CC1(CNc2cnn(CCO)c(=O)c2Cl)CCC1. The fourth-order valence-corrected chi connectivity index (χ4v) is 2.32. The lowest BCUT2D eigenvalue weighted by Crippen LogP contribution is -2.34. The summed E-state index contributed by atoms with van der Waals surface area (Å²) < 4.78 is 1.17. The summed E-state index contributed by atoms with van der Waals surface area (Å²) in [6.45, 7) is 3.06. The smallest absolute Gasteiger partial charge is 0.287 e. The maximum absolute atomic E-state index is 11.8. The highest BCUT2D eigenvalue weighted by Crippen LogP contribution is 2.40. The molecule has 1 aromatic rings. The number of anilines is 1. The molecule has 0 amide bonds. The molecule has 0 saturated heterocycles. The van der Waals surface area contributed by atoms with Crippen LogP contribution in [0.5, 0.6) is 0 Å². The molecular formula is C12H18ClN3O2. The minimum Gasteiger partial charge on any atom is -0.394 e. The molecule has 100 valence electrons. The summed E-state index contributed by atoms with van der Waals surface area (Å²) in [6.07, 6.45) is 5.21. The summed E-state index contributed by atoms with van der Waals surface area (Å²) >= 11 is 6.01. The van der Waals surface area contributed by atoms with E-state index in [0.29, 0.717) is 11.1 Å². The number of aliphatic hydroxyl groups is 1. The van der Waals surface area contributed by atoms with Gasteiger partial charge in [0.15, 0.2) is 0 Å². The Morgan fingerprint density at radius 1 is 1.61 bits per heavy atom. The minimum atomic E-state index is -0.366. The second kappa shape index (κ2) is 5.28. The number of aromatic nitrogens is 2. The summed E-state index contributed by atoms with van der Waals surface area (Å²) in [6, 6.07) is 0. The molecule has 0 aliphatic heterocycles. The molecule has 0 radical (unpaired) electrons. The maximum atomic E-state index is 11.8. The molecule has 2 rings (SSSR count). The fraction of sp³-hybridized carbons (Fsp3) is 0.667. The summed E-state index contributed by atoms with van der Waals surface area (Å²) in [5.41, 5.74) is 0.516. The van der Waals surface area contributed by atoms with Gasteiger partial charge in [-0.2, -0.15) is 5.10 Å². The van der Waals surface area contributed by atoms with Crippen LogP contribution in [0, 0.1) is 5.41 Å². The first-order chi connectivity index (χ1) is 8.56. The summed E-state index contributed by atoms with van der Waals surface area (Å²) in [4.78, 5) is 11.8. The molecule has 1 saturated carbocycles. The van der Waals surface area contributed by atoms with E-state index >= 15 is 0 Å². The Hall–Kier alpha value is -1.07. The van der Waals surface area contributed by atoms with E-state index in [4.69, 9.17) is 16.7 Å². The molecule has 0 bridgehead atoms. The number of rotatable bonds is 5. The van der Waals surface area contributed by atoms with Crippen molar-refractivity contribution in [2.45, 2.75) is 32.7 Å². The van der Waals surface area contributed by atoms with Crippen LogP contribution in [0.2, 0.25) is 5.02 Å². The van der Waals surface area contributed by atoms with Gasteiger partial charge < -0.3 is 10.4 Å². The molecule has 1 aliphatic carbocycles. The Labute approximate surface area is 111 Å². The maximum Gasteiger partial charge on any atom is 0.287 e. The molecule has 1 fully saturated rings. The monoisotopic (exact) mass is 271 g/mol. The van der Waals surface area contributed by atoms with Crippen molar-refractivity contribution in [2.24, 2.45) is 5.41 Å². The van der Waals surface area contributed by atoms with Crippen LogP contribution in [0.4, 0.5) is 5.69 Å². The van der Waals surface area contributed by atoms with E-state index in [1.165, 1.54) is 23.9 Å². The number of aliphatic hydroxyl groups excluding tert-OH is 1. The molecule has 0 spiro atoms.